The van der Waals surface area contributed by atoms with Crippen molar-refractivity contribution in [1.29, 1.82) is 0 Å². The van der Waals surface area contributed by atoms with Crippen LogP contribution < -0.4 is 21.8 Å². The van der Waals surface area contributed by atoms with E-state index in [9.17, 15) is 9.90 Å². The Labute approximate surface area is 164 Å². The average Bonchev–Trinajstić information content (AvgIpc) is 2.70. The summed E-state index contributed by atoms with van der Waals surface area (Å²) in [5.74, 6) is 0.0631. The fourth-order valence-corrected chi connectivity index (χ4v) is 3.42. The molecule has 0 aliphatic rings. The molecule has 0 saturated heterocycles. The molecule has 0 fully saturated rings. The van der Waals surface area contributed by atoms with Gasteiger partial charge < -0.3 is 31.4 Å². The minimum atomic E-state index is -0.149. The third kappa shape index (κ3) is 4.21. The van der Waals surface area contributed by atoms with E-state index in [1.807, 2.05) is 6.07 Å². The summed E-state index contributed by atoms with van der Waals surface area (Å²) in [5.41, 5.74) is 8.47. The molecular formula is C21H29N5O2. The van der Waals surface area contributed by atoms with Crippen LogP contribution in [0.15, 0.2) is 35.1 Å². The molecule has 3 rings (SSSR count). The summed E-state index contributed by atoms with van der Waals surface area (Å²) in [7, 11) is 0. The first-order chi connectivity index (χ1) is 13.5. The number of aromatic hydroxyl groups is 1. The summed E-state index contributed by atoms with van der Waals surface area (Å²) in [6.07, 6.45) is 0. The molecule has 2 aromatic carbocycles. The van der Waals surface area contributed by atoms with E-state index in [2.05, 4.69) is 34.4 Å². The lowest BCUT2D eigenvalue weighted by Crippen LogP contribution is -2.33. The van der Waals surface area contributed by atoms with Gasteiger partial charge in [0.15, 0.2) is 5.43 Å². The van der Waals surface area contributed by atoms with Crippen LogP contribution in [0.1, 0.15) is 13.8 Å². The largest absolute Gasteiger partial charge is 0.508 e. The van der Waals surface area contributed by atoms with Crippen molar-refractivity contribution in [3.63, 3.8) is 0 Å². The molecule has 28 heavy (non-hydrogen) atoms. The molecule has 3 aromatic rings. The second-order valence-electron chi connectivity index (χ2n) is 6.84. The quantitative estimate of drug-likeness (QED) is 0.221. The number of pyridine rings is 1. The lowest BCUT2D eigenvalue weighted by molar-refractivity contribution is 0.303. The van der Waals surface area contributed by atoms with Crippen molar-refractivity contribution in [1.82, 2.24) is 15.2 Å². The van der Waals surface area contributed by atoms with Gasteiger partial charge in [-0.25, -0.2) is 0 Å². The van der Waals surface area contributed by atoms with Gasteiger partial charge in [-0.05, 0) is 43.4 Å². The Balaban J connectivity index is 1.76. The van der Waals surface area contributed by atoms with E-state index in [-0.39, 0.29) is 11.2 Å². The SMILES string of the molecule is CCN(CC)CCNCCNc1ccc(N)c2[nH]c3ccc(O)cc3c(=O)c12. The third-order valence-corrected chi connectivity index (χ3v) is 5.09. The van der Waals surface area contributed by atoms with Crippen LogP contribution in [0.3, 0.4) is 0 Å². The number of hydrogen-bond acceptors (Lipinski definition) is 6. The van der Waals surface area contributed by atoms with Gasteiger partial charge in [0, 0.05) is 37.3 Å². The van der Waals surface area contributed by atoms with Gasteiger partial charge in [0.25, 0.3) is 0 Å². The molecular weight excluding hydrogens is 354 g/mol. The monoisotopic (exact) mass is 383 g/mol. The highest BCUT2D eigenvalue weighted by Crippen LogP contribution is 2.27. The highest BCUT2D eigenvalue weighted by Gasteiger charge is 2.12. The Morgan fingerprint density at radius 1 is 1.11 bits per heavy atom. The van der Waals surface area contributed by atoms with E-state index in [0.717, 1.165) is 38.4 Å². The smallest absolute Gasteiger partial charge is 0.199 e. The summed E-state index contributed by atoms with van der Waals surface area (Å²) in [4.78, 5) is 18.6. The Bertz CT molecular complexity index is 1010. The number of anilines is 2. The van der Waals surface area contributed by atoms with E-state index < -0.39 is 0 Å². The number of nitrogens with two attached hydrogens (primary N) is 1. The number of H-pyrrole nitrogens is 1. The van der Waals surface area contributed by atoms with Crippen LogP contribution in [-0.2, 0) is 0 Å². The fourth-order valence-electron chi connectivity index (χ4n) is 3.42. The number of benzene rings is 2. The number of fused-ring (bicyclic) bond motifs is 2. The van der Waals surface area contributed by atoms with Crippen LogP contribution >= 0.6 is 0 Å². The molecule has 0 unspecified atom stereocenters. The van der Waals surface area contributed by atoms with E-state index in [4.69, 9.17) is 5.73 Å². The minimum absolute atomic E-state index is 0.0631. The van der Waals surface area contributed by atoms with Gasteiger partial charge in [-0.15, -0.1) is 0 Å². The summed E-state index contributed by atoms with van der Waals surface area (Å²) in [6.45, 7) is 9.87. The molecule has 0 aliphatic carbocycles. The highest BCUT2D eigenvalue weighted by molar-refractivity contribution is 6.04. The van der Waals surface area contributed by atoms with E-state index in [1.54, 1.807) is 18.2 Å². The van der Waals surface area contributed by atoms with Gasteiger partial charge in [0.2, 0.25) is 0 Å². The first-order valence-corrected chi connectivity index (χ1v) is 9.79. The number of phenols is 1. The van der Waals surface area contributed by atoms with Crippen LogP contribution in [-0.4, -0.2) is 54.3 Å². The van der Waals surface area contributed by atoms with E-state index in [1.165, 1.54) is 6.07 Å². The molecule has 0 spiro atoms. The second kappa shape index (κ2) is 8.95. The lowest BCUT2D eigenvalue weighted by Gasteiger charge is -2.18. The maximum atomic E-state index is 13.0. The maximum Gasteiger partial charge on any atom is 0.199 e. The molecule has 0 amide bonds. The standard InChI is InChI=1S/C21H29N5O2/c1-3-26(4-2)12-11-23-9-10-24-18-8-6-16(22)20-19(18)21(28)15-13-14(27)5-7-17(15)25-20/h5-8,13,23-24,27H,3-4,9-12,22H2,1-2H3,(H,25,28). The second-order valence-corrected chi connectivity index (χ2v) is 6.84. The lowest BCUT2D eigenvalue weighted by atomic mass is 10.1. The predicted octanol–water partition coefficient (Wildman–Crippen LogP) is 2.31. The van der Waals surface area contributed by atoms with Crippen LogP contribution in [0, 0.1) is 0 Å². The zero-order chi connectivity index (χ0) is 20.1. The summed E-state index contributed by atoms with van der Waals surface area (Å²) in [5, 5.41) is 17.5. The van der Waals surface area contributed by atoms with Crippen molar-refractivity contribution >= 4 is 33.2 Å². The molecule has 1 heterocycles. The number of rotatable bonds is 9. The van der Waals surface area contributed by atoms with Crippen LogP contribution in [0.4, 0.5) is 11.4 Å². The molecule has 7 nitrogen and oxygen atoms in total. The normalized spacial score (nSPS) is 11.5. The highest BCUT2D eigenvalue weighted by atomic mass is 16.3. The maximum absolute atomic E-state index is 13.0. The molecule has 0 atom stereocenters. The van der Waals surface area contributed by atoms with Crippen molar-refractivity contribution in [2.45, 2.75) is 13.8 Å². The molecule has 6 N–H and O–H groups in total. The van der Waals surface area contributed by atoms with Crippen molar-refractivity contribution in [3.05, 3.63) is 40.6 Å². The van der Waals surface area contributed by atoms with Crippen molar-refractivity contribution < 1.29 is 5.11 Å². The first kappa shape index (κ1) is 20.0. The number of phenolic OH excluding ortho intramolecular Hbond substituents is 1. The van der Waals surface area contributed by atoms with E-state index in [0.29, 0.717) is 34.0 Å². The van der Waals surface area contributed by atoms with E-state index >= 15 is 0 Å². The molecule has 1 aromatic heterocycles. The molecule has 0 radical (unpaired) electrons. The Morgan fingerprint density at radius 3 is 2.64 bits per heavy atom. The van der Waals surface area contributed by atoms with Crippen molar-refractivity contribution in [3.8, 4) is 5.75 Å². The summed E-state index contributed by atoms with van der Waals surface area (Å²) >= 11 is 0. The van der Waals surface area contributed by atoms with Gasteiger partial charge in [-0.1, -0.05) is 13.8 Å². The van der Waals surface area contributed by atoms with Gasteiger partial charge >= 0.3 is 0 Å². The number of hydrogen-bond donors (Lipinski definition) is 5. The number of nitrogens with one attached hydrogen (secondary N) is 3. The van der Waals surface area contributed by atoms with Crippen LogP contribution in [0.2, 0.25) is 0 Å². The number of likely N-dealkylation sites (N-methyl/N-ethyl adjacent to an activating group) is 1. The van der Waals surface area contributed by atoms with Gasteiger partial charge in [0.05, 0.1) is 22.1 Å². The van der Waals surface area contributed by atoms with Gasteiger partial charge in [-0.2, -0.15) is 0 Å². The molecule has 150 valence electrons. The number of aromatic amines is 1. The summed E-state index contributed by atoms with van der Waals surface area (Å²) in [6, 6.07) is 8.34. The Hall–Kier alpha value is -2.77. The fraction of sp³-hybridized carbons (Fsp3) is 0.381. The summed E-state index contributed by atoms with van der Waals surface area (Å²) < 4.78 is 0. The van der Waals surface area contributed by atoms with Crippen LogP contribution in [0.25, 0.3) is 21.8 Å². The molecule has 0 saturated carbocycles. The number of nitrogens with zero attached hydrogens (tertiary/aromatic N) is 1. The van der Waals surface area contributed by atoms with Gasteiger partial charge in [0.1, 0.15) is 5.75 Å². The zero-order valence-corrected chi connectivity index (χ0v) is 16.5. The molecule has 0 aliphatic heterocycles. The van der Waals surface area contributed by atoms with Crippen molar-refractivity contribution in [2.75, 3.05) is 50.3 Å². The predicted molar refractivity (Wildman–Crippen MR) is 117 cm³/mol. The number of aromatic nitrogens is 1. The minimum Gasteiger partial charge on any atom is -0.508 e. The topological polar surface area (TPSA) is 106 Å². The van der Waals surface area contributed by atoms with Crippen LogP contribution in [0.5, 0.6) is 5.75 Å². The number of nitrogen functional groups attached to an aromatic ring is 1. The zero-order valence-electron chi connectivity index (χ0n) is 16.5. The Morgan fingerprint density at radius 2 is 1.89 bits per heavy atom. The average molecular weight is 383 g/mol. The molecule has 0 bridgehead atoms. The Kier molecular flexibility index (Phi) is 6.38. The van der Waals surface area contributed by atoms with Gasteiger partial charge in [-0.3, -0.25) is 4.79 Å². The molecule has 7 heteroatoms. The first-order valence-electron chi connectivity index (χ1n) is 9.79. The van der Waals surface area contributed by atoms with Crippen molar-refractivity contribution in [2.24, 2.45) is 0 Å². The third-order valence-electron chi connectivity index (χ3n) is 5.09.